The second kappa shape index (κ2) is 11.0. The molecule has 1 saturated heterocycles. The van der Waals surface area contributed by atoms with Crippen LogP contribution >= 0.6 is 11.6 Å². The quantitative estimate of drug-likeness (QED) is 0.642. The van der Waals surface area contributed by atoms with E-state index in [0.29, 0.717) is 44.0 Å². The summed E-state index contributed by atoms with van der Waals surface area (Å²) in [6, 6.07) is 15.4. The summed E-state index contributed by atoms with van der Waals surface area (Å²) in [6.45, 7) is 3.88. The van der Waals surface area contributed by atoms with Crippen molar-refractivity contribution in [2.45, 2.75) is 45.1 Å². The van der Waals surface area contributed by atoms with Gasteiger partial charge in [0.15, 0.2) is 0 Å². The van der Waals surface area contributed by atoms with Crippen molar-refractivity contribution in [2.24, 2.45) is 0 Å². The molecule has 2 aromatic rings. The lowest BCUT2D eigenvalue weighted by atomic mass is 10.0. The van der Waals surface area contributed by atoms with Crippen LogP contribution in [0.2, 0.25) is 5.02 Å². The van der Waals surface area contributed by atoms with Gasteiger partial charge in [0.2, 0.25) is 11.8 Å². The van der Waals surface area contributed by atoms with Crippen molar-refractivity contribution in [1.82, 2.24) is 10.2 Å². The number of nitrogens with one attached hydrogen (secondary N) is 1. The highest BCUT2D eigenvalue weighted by atomic mass is 35.5. The Morgan fingerprint density at radius 1 is 1.10 bits per heavy atom. The number of rotatable bonds is 8. The van der Waals surface area contributed by atoms with Crippen LogP contribution in [-0.4, -0.2) is 42.5 Å². The zero-order chi connectivity index (χ0) is 21.3. The molecule has 0 spiro atoms. The highest BCUT2D eigenvalue weighted by Gasteiger charge is 2.23. The first-order chi connectivity index (χ1) is 14.5. The molecule has 1 fully saturated rings. The van der Waals surface area contributed by atoms with E-state index in [9.17, 15) is 9.59 Å². The highest BCUT2D eigenvalue weighted by molar-refractivity contribution is 6.30. The van der Waals surface area contributed by atoms with Crippen molar-refractivity contribution >= 4 is 23.4 Å². The summed E-state index contributed by atoms with van der Waals surface area (Å²) in [7, 11) is 0. The topological polar surface area (TPSA) is 58.6 Å². The largest absolute Gasteiger partial charge is 0.493 e. The van der Waals surface area contributed by atoms with Crippen LogP contribution in [0.3, 0.4) is 0 Å². The third-order valence-corrected chi connectivity index (χ3v) is 5.63. The highest BCUT2D eigenvalue weighted by Crippen LogP contribution is 2.17. The predicted octanol–water partition coefficient (Wildman–Crippen LogP) is 4.16. The van der Waals surface area contributed by atoms with Gasteiger partial charge in [-0.2, -0.15) is 0 Å². The summed E-state index contributed by atoms with van der Waals surface area (Å²) in [5.74, 6) is 1.04. The van der Waals surface area contributed by atoms with Gasteiger partial charge in [0.25, 0.3) is 0 Å². The van der Waals surface area contributed by atoms with Crippen LogP contribution in [0, 0.1) is 6.92 Å². The van der Waals surface area contributed by atoms with E-state index in [1.54, 1.807) is 12.1 Å². The summed E-state index contributed by atoms with van der Waals surface area (Å²) in [5, 5.41) is 3.77. The average molecular weight is 429 g/mol. The number of nitrogens with zero attached hydrogens (tertiary/aromatic N) is 1. The molecule has 0 atom stereocenters. The molecule has 6 heteroatoms. The third-order valence-electron chi connectivity index (χ3n) is 5.38. The van der Waals surface area contributed by atoms with Gasteiger partial charge in [-0.15, -0.1) is 0 Å². The van der Waals surface area contributed by atoms with Gasteiger partial charge in [-0.1, -0.05) is 41.9 Å². The molecule has 0 radical (unpaired) electrons. The molecule has 30 heavy (non-hydrogen) atoms. The Hall–Kier alpha value is -2.53. The van der Waals surface area contributed by atoms with Crippen LogP contribution in [0.1, 0.15) is 36.8 Å². The fourth-order valence-corrected chi connectivity index (χ4v) is 3.72. The zero-order valence-electron chi connectivity index (χ0n) is 17.4. The number of aryl methyl sites for hydroxylation is 1. The van der Waals surface area contributed by atoms with Gasteiger partial charge >= 0.3 is 0 Å². The van der Waals surface area contributed by atoms with E-state index in [4.69, 9.17) is 16.3 Å². The first-order valence-corrected chi connectivity index (χ1v) is 10.9. The van der Waals surface area contributed by atoms with Crippen LogP contribution < -0.4 is 10.1 Å². The SMILES string of the molecule is Cc1ccccc1OCCCC(=O)NC1CCN(C(=O)Cc2ccc(Cl)cc2)CC1. The fourth-order valence-electron chi connectivity index (χ4n) is 3.59. The van der Waals surface area contributed by atoms with Crippen molar-refractivity contribution in [3.8, 4) is 5.75 Å². The van der Waals surface area contributed by atoms with Gasteiger partial charge in [0.05, 0.1) is 13.0 Å². The number of ether oxygens (including phenoxy) is 1. The second-order valence-electron chi connectivity index (χ2n) is 7.74. The van der Waals surface area contributed by atoms with Gasteiger partial charge in [0.1, 0.15) is 5.75 Å². The van der Waals surface area contributed by atoms with Gasteiger partial charge in [-0.3, -0.25) is 9.59 Å². The molecule has 1 aliphatic heterocycles. The average Bonchev–Trinajstić information content (AvgIpc) is 2.74. The molecule has 1 aliphatic rings. The molecule has 3 rings (SSSR count). The number of carbonyl (C=O) groups is 2. The van der Waals surface area contributed by atoms with Crippen molar-refractivity contribution in [3.63, 3.8) is 0 Å². The number of para-hydroxylation sites is 1. The Kier molecular flexibility index (Phi) is 8.14. The van der Waals surface area contributed by atoms with Crippen LogP contribution in [0.5, 0.6) is 5.75 Å². The molecule has 1 N–H and O–H groups in total. The molecule has 5 nitrogen and oxygen atoms in total. The van der Waals surface area contributed by atoms with E-state index in [0.717, 1.165) is 29.7 Å². The molecule has 0 aromatic heterocycles. The van der Waals surface area contributed by atoms with E-state index in [1.807, 2.05) is 48.2 Å². The van der Waals surface area contributed by atoms with E-state index in [2.05, 4.69) is 5.32 Å². The molecule has 0 aliphatic carbocycles. The maximum atomic E-state index is 12.5. The minimum Gasteiger partial charge on any atom is -0.493 e. The van der Waals surface area contributed by atoms with Crippen molar-refractivity contribution in [1.29, 1.82) is 0 Å². The number of piperidine rings is 1. The van der Waals surface area contributed by atoms with Crippen LogP contribution in [0.4, 0.5) is 0 Å². The van der Waals surface area contributed by atoms with Crippen LogP contribution in [0.25, 0.3) is 0 Å². The van der Waals surface area contributed by atoms with E-state index < -0.39 is 0 Å². The minimum atomic E-state index is 0.0503. The predicted molar refractivity (Wildman–Crippen MR) is 119 cm³/mol. The normalized spacial score (nSPS) is 14.4. The number of likely N-dealkylation sites (tertiary alicyclic amines) is 1. The molecule has 0 unspecified atom stereocenters. The fraction of sp³-hybridized carbons (Fsp3) is 0.417. The summed E-state index contributed by atoms with van der Waals surface area (Å²) in [4.78, 5) is 26.6. The number of halogens is 1. The Morgan fingerprint density at radius 3 is 2.50 bits per heavy atom. The number of carbonyl (C=O) groups excluding carboxylic acids is 2. The summed E-state index contributed by atoms with van der Waals surface area (Å²) in [6.07, 6.45) is 3.09. The zero-order valence-corrected chi connectivity index (χ0v) is 18.2. The van der Waals surface area contributed by atoms with Gasteiger partial charge in [-0.25, -0.2) is 0 Å². The van der Waals surface area contributed by atoms with Gasteiger partial charge in [-0.05, 0) is 55.5 Å². The Labute approximate surface area is 183 Å². The molecular weight excluding hydrogens is 400 g/mol. The van der Waals surface area contributed by atoms with E-state index in [1.165, 1.54) is 0 Å². The smallest absolute Gasteiger partial charge is 0.226 e. The number of hydrogen-bond acceptors (Lipinski definition) is 3. The Bertz CT molecular complexity index is 846. The summed E-state index contributed by atoms with van der Waals surface area (Å²) < 4.78 is 5.74. The summed E-state index contributed by atoms with van der Waals surface area (Å²) >= 11 is 5.89. The molecular formula is C24H29ClN2O3. The number of amides is 2. The molecule has 2 amide bonds. The molecule has 1 heterocycles. The van der Waals surface area contributed by atoms with Gasteiger partial charge < -0.3 is 15.0 Å². The van der Waals surface area contributed by atoms with Crippen molar-refractivity contribution in [3.05, 3.63) is 64.7 Å². The molecule has 2 aromatic carbocycles. The lowest BCUT2D eigenvalue weighted by molar-refractivity contribution is -0.131. The monoisotopic (exact) mass is 428 g/mol. The second-order valence-corrected chi connectivity index (χ2v) is 8.18. The number of hydrogen-bond donors (Lipinski definition) is 1. The standard InChI is InChI=1S/C24H29ClN2O3/c1-18-5-2-3-6-22(18)30-16-4-7-23(28)26-21-12-14-27(15-13-21)24(29)17-19-8-10-20(25)11-9-19/h2-3,5-6,8-11,21H,4,7,12-17H2,1H3,(H,26,28). The van der Waals surface area contributed by atoms with Crippen LogP contribution in [-0.2, 0) is 16.0 Å². The first-order valence-electron chi connectivity index (χ1n) is 10.5. The van der Waals surface area contributed by atoms with Crippen molar-refractivity contribution < 1.29 is 14.3 Å². The maximum absolute atomic E-state index is 12.5. The van der Waals surface area contributed by atoms with Crippen LogP contribution in [0.15, 0.2) is 48.5 Å². The Morgan fingerprint density at radius 2 is 1.80 bits per heavy atom. The molecule has 0 bridgehead atoms. The lowest BCUT2D eigenvalue weighted by Crippen LogP contribution is -2.47. The Balaban J connectivity index is 1.32. The molecule has 160 valence electrons. The van der Waals surface area contributed by atoms with E-state index >= 15 is 0 Å². The summed E-state index contributed by atoms with van der Waals surface area (Å²) in [5.41, 5.74) is 2.06. The lowest BCUT2D eigenvalue weighted by Gasteiger charge is -2.32. The first kappa shape index (κ1) is 22.2. The van der Waals surface area contributed by atoms with Gasteiger partial charge in [0, 0.05) is 30.6 Å². The van der Waals surface area contributed by atoms with Crippen molar-refractivity contribution in [2.75, 3.05) is 19.7 Å². The third kappa shape index (κ3) is 6.77. The minimum absolute atomic E-state index is 0.0503. The maximum Gasteiger partial charge on any atom is 0.226 e. The number of benzene rings is 2. The van der Waals surface area contributed by atoms with E-state index in [-0.39, 0.29) is 17.9 Å². The molecule has 0 saturated carbocycles.